The number of piperazine rings is 1. The van der Waals surface area contributed by atoms with E-state index in [1.54, 1.807) is 6.07 Å². The van der Waals surface area contributed by atoms with E-state index in [0.29, 0.717) is 13.1 Å². The molecule has 1 saturated heterocycles. The smallest absolute Gasteiger partial charge is 0.381 e. The summed E-state index contributed by atoms with van der Waals surface area (Å²) < 4.78 is 9.48. The Hall–Kier alpha value is -1.66. The number of carbonyl (C=O) groups excluding carboxylic acids is 2. The van der Waals surface area contributed by atoms with Crippen molar-refractivity contribution in [3.8, 4) is 0 Å². The fourth-order valence-corrected chi connectivity index (χ4v) is 1.43. The molecule has 1 atom stereocenters. The third kappa shape index (κ3) is 2.47. The van der Waals surface area contributed by atoms with Crippen molar-refractivity contribution >= 4 is 11.9 Å². The monoisotopic (exact) mass is 224 g/mol. The second-order valence-electron chi connectivity index (χ2n) is 3.40. The van der Waals surface area contributed by atoms with Gasteiger partial charge in [0.1, 0.15) is 6.04 Å². The first-order valence-electron chi connectivity index (χ1n) is 5.01. The van der Waals surface area contributed by atoms with Gasteiger partial charge < -0.3 is 19.8 Å². The van der Waals surface area contributed by atoms with Crippen LogP contribution in [0.3, 0.4) is 0 Å². The van der Waals surface area contributed by atoms with Crippen molar-refractivity contribution in [3.05, 3.63) is 24.2 Å². The Morgan fingerprint density at radius 2 is 2.31 bits per heavy atom. The van der Waals surface area contributed by atoms with Crippen molar-refractivity contribution in [3.63, 3.8) is 0 Å². The quantitative estimate of drug-likeness (QED) is 0.522. The lowest BCUT2D eigenvalue weighted by Crippen LogP contribution is -2.53. The molecule has 1 fully saturated rings. The molecule has 0 saturated carbocycles. The summed E-state index contributed by atoms with van der Waals surface area (Å²) in [6.07, 6.45) is 1.35. The van der Waals surface area contributed by atoms with E-state index in [1.165, 1.54) is 12.3 Å². The summed E-state index contributed by atoms with van der Waals surface area (Å²) in [6, 6.07) is 2.52. The number of rotatable bonds is 2. The Labute approximate surface area is 91.9 Å². The normalized spacial score (nSPS) is 20.4. The zero-order valence-corrected chi connectivity index (χ0v) is 8.56. The molecule has 0 amide bonds. The van der Waals surface area contributed by atoms with Crippen molar-refractivity contribution in [1.82, 2.24) is 10.6 Å². The molecule has 2 rings (SSSR count). The number of nitrogens with one attached hydrogen (secondary N) is 2. The highest BCUT2D eigenvalue weighted by Crippen LogP contribution is 2.03. The minimum absolute atomic E-state index is 0.0251. The lowest BCUT2D eigenvalue weighted by molar-refractivity contribution is -0.140. The first-order chi connectivity index (χ1) is 7.77. The molecule has 2 N–H and O–H groups in total. The molecule has 0 spiro atoms. The molecule has 16 heavy (non-hydrogen) atoms. The molecular formula is C10H12N2O4. The highest BCUT2D eigenvalue weighted by Gasteiger charge is 2.25. The molecule has 86 valence electrons. The van der Waals surface area contributed by atoms with Gasteiger partial charge in [-0.05, 0) is 12.1 Å². The summed E-state index contributed by atoms with van der Waals surface area (Å²) in [7, 11) is 0. The number of esters is 2. The van der Waals surface area contributed by atoms with Gasteiger partial charge in [0.15, 0.2) is 0 Å². The Balaban J connectivity index is 1.89. The fourth-order valence-electron chi connectivity index (χ4n) is 1.43. The molecule has 6 heteroatoms. The van der Waals surface area contributed by atoms with Crippen LogP contribution in [0.5, 0.6) is 0 Å². The number of ether oxygens (including phenoxy) is 1. The van der Waals surface area contributed by atoms with Gasteiger partial charge in [-0.2, -0.15) is 0 Å². The zero-order chi connectivity index (χ0) is 11.4. The predicted octanol–water partition coefficient (Wildman–Crippen LogP) is -0.476. The summed E-state index contributed by atoms with van der Waals surface area (Å²) in [5.41, 5.74) is 0. The summed E-state index contributed by atoms with van der Waals surface area (Å²) in [5.74, 6) is -1.33. The lowest BCUT2D eigenvalue weighted by atomic mass is 10.2. The van der Waals surface area contributed by atoms with Crippen molar-refractivity contribution < 1.29 is 18.7 Å². The molecular weight excluding hydrogens is 212 g/mol. The Kier molecular flexibility index (Phi) is 3.33. The SMILES string of the molecule is O=C(OC(=O)C1CNCCN1)c1ccco1. The van der Waals surface area contributed by atoms with Gasteiger partial charge in [0.2, 0.25) is 5.76 Å². The summed E-state index contributed by atoms with van der Waals surface area (Å²) >= 11 is 0. The highest BCUT2D eigenvalue weighted by molar-refractivity contribution is 5.96. The standard InChI is InChI=1S/C10H12N2O4/c13-9(7-6-11-3-4-12-7)16-10(14)8-2-1-5-15-8/h1-2,5,7,11-12H,3-4,6H2. The summed E-state index contributed by atoms with van der Waals surface area (Å²) in [4.78, 5) is 22.9. The molecule has 0 radical (unpaired) electrons. The molecule has 1 aliphatic rings. The van der Waals surface area contributed by atoms with Crippen LogP contribution in [-0.2, 0) is 9.53 Å². The maximum Gasteiger partial charge on any atom is 0.381 e. The van der Waals surface area contributed by atoms with Gasteiger partial charge in [-0.25, -0.2) is 9.59 Å². The largest absolute Gasteiger partial charge is 0.457 e. The molecule has 1 aromatic rings. The van der Waals surface area contributed by atoms with E-state index in [9.17, 15) is 9.59 Å². The molecule has 6 nitrogen and oxygen atoms in total. The van der Waals surface area contributed by atoms with E-state index in [2.05, 4.69) is 15.4 Å². The van der Waals surface area contributed by atoms with Crippen molar-refractivity contribution in [1.29, 1.82) is 0 Å². The molecule has 1 aromatic heterocycles. The van der Waals surface area contributed by atoms with Gasteiger partial charge in [0.05, 0.1) is 6.26 Å². The van der Waals surface area contributed by atoms with Gasteiger partial charge in [0, 0.05) is 19.6 Å². The topological polar surface area (TPSA) is 80.6 Å². The van der Waals surface area contributed by atoms with Gasteiger partial charge >= 0.3 is 11.9 Å². The highest BCUT2D eigenvalue weighted by atomic mass is 16.6. The van der Waals surface area contributed by atoms with Crippen LogP contribution in [0.4, 0.5) is 0 Å². The first kappa shape index (κ1) is 10.8. The molecule has 2 heterocycles. The Morgan fingerprint density at radius 3 is 2.94 bits per heavy atom. The van der Waals surface area contributed by atoms with Crippen molar-refractivity contribution in [2.75, 3.05) is 19.6 Å². The zero-order valence-electron chi connectivity index (χ0n) is 8.56. The maximum atomic E-state index is 11.5. The third-order valence-corrected chi connectivity index (χ3v) is 2.24. The van der Waals surface area contributed by atoms with Crippen LogP contribution in [0, 0.1) is 0 Å². The van der Waals surface area contributed by atoms with Gasteiger partial charge in [-0.15, -0.1) is 0 Å². The maximum absolute atomic E-state index is 11.5. The molecule has 0 bridgehead atoms. The molecule has 0 aliphatic carbocycles. The average molecular weight is 224 g/mol. The minimum atomic E-state index is -0.762. The molecule has 1 aliphatic heterocycles. The second kappa shape index (κ2) is 4.91. The van der Waals surface area contributed by atoms with E-state index < -0.39 is 18.0 Å². The van der Waals surface area contributed by atoms with Crippen LogP contribution >= 0.6 is 0 Å². The van der Waals surface area contributed by atoms with Crippen LogP contribution in [0.15, 0.2) is 22.8 Å². The van der Waals surface area contributed by atoms with Crippen LogP contribution < -0.4 is 10.6 Å². The van der Waals surface area contributed by atoms with Crippen molar-refractivity contribution in [2.24, 2.45) is 0 Å². The number of hydrogen-bond donors (Lipinski definition) is 2. The van der Waals surface area contributed by atoms with Crippen LogP contribution in [0.1, 0.15) is 10.6 Å². The Morgan fingerprint density at radius 1 is 1.44 bits per heavy atom. The Bertz CT molecular complexity index is 368. The first-order valence-corrected chi connectivity index (χ1v) is 5.01. The van der Waals surface area contributed by atoms with Crippen LogP contribution in [-0.4, -0.2) is 37.6 Å². The van der Waals surface area contributed by atoms with E-state index in [1.807, 2.05) is 0 Å². The summed E-state index contributed by atoms with van der Waals surface area (Å²) in [6.45, 7) is 1.94. The third-order valence-electron chi connectivity index (χ3n) is 2.24. The molecule has 1 unspecified atom stereocenters. The summed E-state index contributed by atoms with van der Waals surface area (Å²) in [5, 5.41) is 5.98. The van der Waals surface area contributed by atoms with E-state index in [4.69, 9.17) is 4.42 Å². The van der Waals surface area contributed by atoms with E-state index in [0.717, 1.165) is 6.54 Å². The van der Waals surface area contributed by atoms with Crippen LogP contribution in [0.2, 0.25) is 0 Å². The average Bonchev–Trinajstić information content (AvgIpc) is 2.83. The van der Waals surface area contributed by atoms with Crippen LogP contribution in [0.25, 0.3) is 0 Å². The molecule has 0 aromatic carbocycles. The lowest BCUT2D eigenvalue weighted by Gasteiger charge is -2.21. The minimum Gasteiger partial charge on any atom is -0.457 e. The predicted molar refractivity (Wildman–Crippen MR) is 53.8 cm³/mol. The fraction of sp³-hybridized carbons (Fsp3) is 0.400. The van der Waals surface area contributed by atoms with Crippen molar-refractivity contribution in [2.45, 2.75) is 6.04 Å². The van der Waals surface area contributed by atoms with Gasteiger partial charge in [0.25, 0.3) is 0 Å². The number of hydrogen-bond acceptors (Lipinski definition) is 6. The van der Waals surface area contributed by atoms with Gasteiger partial charge in [-0.3, -0.25) is 0 Å². The number of carbonyl (C=O) groups is 2. The van der Waals surface area contributed by atoms with E-state index in [-0.39, 0.29) is 5.76 Å². The van der Waals surface area contributed by atoms with Gasteiger partial charge in [-0.1, -0.05) is 0 Å². The number of furan rings is 1. The van der Waals surface area contributed by atoms with E-state index >= 15 is 0 Å². The second-order valence-corrected chi connectivity index (χ2v) is 3.40.